The average Bonchev–Trinajstić information content (AvgIpc) is 3.28. The maximum atomic E-state index is 9.88. The standard InChI is InChI=1S/C26H18Cl2N4O2/c27-20-8-4-7-18(23(20)28)21-19(13-29)25(30)34-26-22(21)24(31-32-26)16-9-11-17(12-10-16)33-14-15-5-2-1-3-6-15/h1-12,21H,14,30H2,(H,31,32)/t21-/m0/s1. The van der Waals surface area contributed by atoms with Crippen LogP contribution in [0.1, 0.15) is 22.6 Å². The Hall–Kier alpha value is -3.92. The number of nitrogens with one attached hydrogen (secondary N) is 1. The van der Waals surface area contributed by atoms with E-state index < -0.39 is 5.92 Å². The van der Waals surface area contributed by atoms with E-state index in [1.54, 1.807) is 12.1 Å². The number of aromatic amines is 1. The van der Waals surface area contributed by atoms with Crippen LogP contribution in [-0.2, 0) is 6.61 Å². The van der Waals surface area contributed by atoms with Crippen molar-refractivity contribution in [3.05, 3.63) is 111 Å². The molecule has 3 aromatic carbocycles. The second kappa shape index (κ2) is 9.14. The van der Waals surface area contributed by atoms with E-state index in [1.807, 2.05) is 60.7 Å². The first kappa shape index (κ1) is 21.9. The number of aromatic nitrogens is 2. The fraction of sp³-hybridized carbons (Fsp3) is 0.0769. The van der Waals surface area contributed by atoms with Crippen LogP contribution in [0.5, 0.6) is 11.6 Å². The molecule has 34 heavy (non-hydrogen) atoms. The molecule has 0 radical (unpaired) electrons. The predicted octanol–water partition coefficient (Wildman–Crippen LogP) is 6.18. The molecule has 0 aliphatic carbocycles. The molecule has 0 bridgehead atoms. The number of halogens is 2. The molecule has 1 aromatic heterocycles. The van der Waals surface area contributed by atoms with Crippen LogP contribution < -0.4 is 15.2 Å². The number of hydrogen-bond donors (Lipinski definition) is 2. The molecular formula is C26H18Cl2N4O2. The van der Waals surface area contributed by atoms with Crippen LogP contribution in [0.4, 0.5) is 0 Å². The van der Waals surface area contributed by atoms with E-state index in [-0.39, 0.29) is 17.3 Å². The summed E-state index contributed by atoms with van der Waals surface area (Å²) in [6.45, 7) is 0.471. The molecule has 4 aromatic rings. The van der Waals surface area contributed by atoms with Gasteiger partial charge in [0.1, 0.15) is 24.0 Å². The Morgan fingerprint density at radius 2 is 1.79 bits per heavy atom. The summed E-state index contributed by atoms with van der Waals surface area (Å²) in [7, 11) is 0. The summed E-state index contributed by atoms with van der Waals surface area (Å²) in [5.41, 5.74) is 10.2. The van der Waals surface area contributed by atoms with Crippen LogP contribution in [0.2, 0.25) is 10.0 Å². The van der Waals surface area contributed by atoms with Gasteiger partial charge < -0.3 is 15.2 Å². The Kier molecular flexibility index (Phi) is 5.89. The number of benzene rings is 3. The van der Waals surface area contributed by atoms with Gasteiger partial charge in [-0.1, -0.05) is 65.7 Å². The molecule has 3 N–H and O–H groups in total. The lowest BCUT2D eigenvalue weighted by molar-refractivity contribution is 0.306. The molecule has 168 valence electrons. The summed E-state index contributed by atoms with van der Waals surface area (Å²) in [5, 5.41) is 17.9. The van der Waals surface area contributed by atoms with Crippen molar-refractivity contribution >= 4 is 23.2 Å². The van der Waals surface area contributed by atoms with Gasteiger partial charge in [0.15, 0.2) is 0 Å². The average molecular weight is 489 g/mol. The van der Waals surface area contributed by atoms with Gasteiger partial charge in [0.05, 0.1) is 27.2 Å². The normalized spacial score (nSPS) is 14.8. The topological polar surface area (TPSA) is 97.0 Å². The number of hydrogen-bond acceptors (Lipinski definition) is 5. The molecule has 0 spiro atoms. The summed E-state index contributed by atoms with van der Waals surface area (Å²) in [5.74, 6) is 0.409. The molecule has 1 aliphatic rings. The first-order chi connectivity index (χ1) is 16.6. The van der Waals surface area contributed by atoms with E-state index >= 15 is 0 Å². The number of nitriles is 1. The second-order valence-electron chi connectivity index (χ2n) is 7.68. The van der Waals surface area contributed by atoms with Gasteiger partial charge in [-0.3, -0.25) is 5.10 Å². The number of allylic oxidation sites excluding steroid dienone is 1. The summed E-state index contributed by atoms with van der Waals surface area (Å²) >= 11 is 12.8. The highest BCUT2D eigenvalue weighted by atomic mass is 35.5. The molecule has 0 saturated carbocycles. The van der Waals surface area contributed by atoms with E-state index in [0.717, 1.165) is 16.9 Å². The highest BCUT2D eigenvalue weighted by Gasteiger charge is 2.36. The third kappa shape index (κ3) is 3.96. The molecule has 1 atom stereocenters. The first-order valence-corrected chi connectivity index (χ1v) is 11.2. The monoisotopic (exact) mass is 488 g/mol. The molecule has 0 unspecified atom stereocenters. The fourth-order valence-electron chi connectivity index (χ4n) is 3.98. The van der Waals surface area contributed by atoms with Crippen molar-refractivity contribution in [2.75, 3.05) is 0 Å². The predicted molar refractivity (Wildman–Crippen MR) is 131 cm³/mol. The van der Waals surface area contributed by atoms with Gasteiger partial charge in [0.2, 0.25) is 11.8 Å². The third-order valence-corrected chi connectivity index (χ3v) is 6.46. The SMILES string of the molecule is N#CC1=C(N)Oc2n[nH]c(-c3ccc(OCc4ccccc4)cc3)c2[C@H]1c1cccc(Cl)c1Cl. The van der Waals surface area contributed by atoms with Crippen molar-refractivity contribution in [3.8, 4) is 29.0 Å². The van der Waals surface area contributed by atoms with E-state index in [1.165, 1.54) is 0 Å². The van der Waals surface area contributed by atoms with Gasteiger partial charge in [-0.15, -0.1) is 5.10 Å². The zero-order valence-electron chi connectivity index (χ0n) is 17.8. The third-order valence-electron chi connectivity index (χ3n) is 5.62. The first-order valence-electron chi connectivity index (χ1n) is 10.4. The summed E-state index contributed by atoms with van der Waals surface area (Å²) in [4.78, 5) is 0. The maximum absolute atomic E-state index is 9.88. The molecule has 5 rings (SSSR count). The minimum Gasteiger partial charge on any atom is -0.489 e. The lowest BCUT2D eigenvalue weighted by Crippen LogP contribution is -2.21. The fourth-order valence-corrected chi connectivity index (χ4v) is 4.40. The summed E-state index contributed by atoms with van der Waals surface area (Å²) < 4.78 is 11.6. The van der Waals surface area contributed by atoms with Gasteiger partial charge in [-0.2, -0.15) is 5.26 Å². The minimum absolute atomic E-state index is 0.0150. The van der Waals surface area contributed by atoms with Crippen LogP contribution in [0, 0.1) is 11.3 Å². The number of nitrogens with two attached hydrogens (primary N) is 1. The van der Waals surface area contributed by atoms with Gasteiger partial charge in [0.25, 0.3) is 0 Å². The van der Waals surface area contributed by atoms with Crippen molar-refractivity contribution < 1.29 is 9.47 Å². The molecule has 6 nitrogen and oxygen atoms in total. The highest BCUT2D eigenvalue weighted by molar-refractivity contribution is 6.42. The van der Waals surface area contributed by atoms with E-state index in [9.17, 15) is 5.26 Å². The smallest absolute Gasteiger partial charge is 0.244 e. The number of ether oxygens (including phenoxy) is 2. The van der Waals surface area contributed by atoms with Crippen LogP contribution in [0.15, 0.2) is 84.3 Å². The van der Waals surface area contributed by atoms with Gasteiger partial charge in [0, 0.05) is 5.56 Å². The Morgan fingerprint density at radius 1 is 1.03 bits per heavy atom. The largest absolute Gasteiger partial charge is 0.489 e. The second-order valence-corrected chi connectivity index (χ2v) is 8.47. The van der Waals surface area contributed by atoms with Crippen LogP contribution in [0.3, 0.4) is 0 Å². The van der Waals surface area contributed by atoms with Crippen molar-refractivity contribution in [1.29, 1.82) is 5.26 Å². The van der Waals surface area contributed by atoms with Crippen LogP contribution >= 0.6 is 23.2 Å². The molecule has 0 fully saturated rings. The number of nitrogens with zero attached hydrogens (tertiary/aromatic N) is 2. The molecule has 8 heteroatoms. The lowest BCUT2D eigenvalue weighted by atomic mass is 9.83. The van der Waals surface area contributed by atoms with Crippen molar-refractivity contribution in [2.24, 2.45) is 5.73 Å². The van der Waals surface area contributed by atoms with Crippen LogP contribution in [-0.4, -0.2) is 10.2 Å². The van der Waals surface area contributed by atoms with E-state index in [2.05, 4.69) is 16.3 Å². The number of rotatable bonds is 5. The lowest BCUT2D eigenvalue weighted by Gasteiger charge is -2.25. The molecular weight excluding hydrogens is 471 g/mol. The Labute approximate surface area is 206 Å². The van der Waals surface area contributed by atoms with Gasteiger partial charge in [-0.25, -0.2) is 0 Å². The quantitative estimate of drug-likeness (QED) is 0.349. The Balaban J connectivity index is 1.52. The molecule has 1 aliphatic heterocycles. The molecule has 0 amide bonds. The van der Waals surface area contributed by atoms with Gasteiger partial charge in [-0.05, 0) is 41.5 Å². The Bertz CT molecular complexity index is 1420. The van der Waals surface area contributed by atoms with Gasteiger partial charge >= 0.3 is 0 Å². The summed E-state index contributed by atoms with van der Waals surface area (Å²) in [6, 6.07) is 25.0. The zero-order chi connectivity index (χ0) is 23.7. The minimum atomic E-state index is -0.595. The number of fused-ring (bicyclic) bond motifs is 1. The van der Waals surface area contributed by atoms with E-state index in [0.29, 0.717) is 33.5 Å². The highest BCUT2D eigenvalue weighted by Crippen LogP contribution is 2.48. The van der Waals surface area contributed by atoms with E-state index in [4.69, 9.17) is 38.4 Å². The van der Waals surface area contributed by atoms with Crippen molar-refractivity contribution in [2.45, 2.75) is 12.5 Å². The maximum Gasteiger partial charge on any atom is 0.244 e. The number of H-pyrrole nitrogens is 1. The van der Waals surface area contributed by atoms with Crippen molar-refractivity contribution in [3.63, 3.8) is 0 Å². The zero-order valence-corrected chi connectivity index (χ0v) is 19.3. The summed E-state index contributed by atoms with van der Waals surface area (Å²) in [6.07, 6.45) is 0. The van der Waals surface area contributed by atoms with Crippen molar-refractivity contribution in [1.82, 2.24) is 10.2 Å². The van der Waals surface area contributed by atoms with Crippen LogP contribution in [0.25, 0.3) is 11.3 Å². The Morgan fingerprint density at radius 3 is 2.53 bits per heavy atom. The molecule has 0 saturated heterocycles. The molecule has 2 heterocycles.